The maximum atomic E-state index is 13.7. The fourth-order valence-electron chi connectivity index (χ4n) is 2.19. The van der Waals surface area contributed by atoms with Gasteiger partial charge in [0.05, 0.1) is 10.5 Å². The van der Waals surface area contributed by atoms with Gasteiger partial charge in [-0.15, -0.1) is 10.2 Å². The zero-order chi connectivity index (χ0) is 17.9. The molecular weight excluding hydrogens is 345 g/mol. The summed E-state index contributed by atoms with van der Waals surface area (Å²) < 4.78 is 45.9. The Morgan fingerprint density at radius 3 is 2.52 bits per heavy atom. The van der Waals surface area contributed by atoms with Gasteiger partial charge in [0.2, 0.25) is 15.9 Å². The predicted octanol–water partition coefficient (Wildman–Crippen LogP) is 2.71. The molecule has 2 aromatic carbocycles. The minimum Gasteiger partial charge on any atom is -0.421 e. The number of aromatic nitrogens is 2. The van der Waals surface area contributed by atoms with Gasteiger partial charge in [0.25, 0.3) is 5.89 Å². The molecule has 0 atom stereocenters. The fourth-order valence-corrected chi connectivity index (χ4v) is 3.22. The van der Waals surface area contributed by atoms with Crippen molar-refractivity contribution >= 4 is 10.0 Å². The van der Waals surface area contributed by atoms with E-state index < -0.39 is 15.8 Å². The lowest BCUT2D eigenvalue weighted by molar-refractivity contribution is 0.498. The van der Waals surface area contributed by atoms with Crippen molar-refractivity contribution in [1.82, 2.24) is 14.9 Å². The average Bonchev–Trinajstić information content (AvgIpc) is 3.04. The molecule has 0 fully saturated rings. The van der Waals surface area contributed by atoms with Crippen LogP contribution in [-0.2, 0) is 16.4 Å². The maximum absolute atomic E-state index is 13.7. The number of halogens is 1. The minimum absolute atomic E-state index is 0.0643. The lowest BCUT2D eigenvalue weighted by atomic mass is 10.2. The Morgan fingerprint density at radius 2 is 1.80 bits per heavy atom. The molecule has 25 heavy (non-hydrogen) atoms. The number of benzene rings is 2. The van der Waals surface area contributed by atoms with E-state index in [9.17, 15) is 12.8 Å². The first-order valence-electron chi connectivity index (χ1n) is 7.59. The number of hydrogen-bond donors (Lipinski definition) is 1. The Kier molecular flexibility index (Phi) is 4.91. The first-order valence-corrected chi connectivity index (χ1v) is 9.08. The van der Waals surface area contributed by atoms with Crippen molar-refractivity contribution in [3.8, 4) is 11.5 Å². The Balaban J connectivity index is 1.63. The highest BCUT2D eigenvalue weighted by Gasteiger charge is 2.15. The van der Waals surface area contributed by atoms with Gasteiger partial charge in [-0.25, -0.2) is 17.5 Å². The van der Waals surface area contributed by atoms with E-state index in [-0.39, 0.29) is 35.2 Å². The van der Waals surface area contributed by atoms with Crippen molar-refractivity contribution in [2.24, 2.45) is 0 Å². The molecule has 1 N–H and O–H groups in total. The molecule has 0 saturated carbocycles. The third-order valence-electron chi connectivity index (χ3n) is 3.53. The van der Waals surface area contributed by atoms with E-state index in [0.29, 0.717) is 0 Å². The van der Waals surface area contributed by atoms with Crippen molar-refractivity contribution in [2.45, 2.75) is 18.2 Å². The minimum atomic E-state index is -3.60. The van der Waals surface area contributed by atoms with Gasteiger partial charge in [-0.1, -0.05) is 29.8 Å². The van der Waals surface area contributed by atoms with Crippen LogP contribution >= 0.6 is 0 Å². The van der Waals surface area contributed by atoms with Gasteiger partial charge in [-0.05, 0) is 31.2 Å². The summed E-state index contributed by atoms with van der Waals surface area (Å²) >= 11 is 0. The Bertz CT molecular complexity index is 969. The normalized spacial score (nSPS) is 11.6. The maximum Gasteiger partial charge on any atom is 0.250 e. The molecule has 0 spiro atoms. The molecule has 0 radical (unpaired) electrons. The van der Waals surface area contributed by atoms with Crippen molar-refractivity contribution in [3.05, 3.63) is 65.8 Å². The number of nitrogens with zero attached hydrogens (tertiary/aromatic N) is 2. The summed E-state index contributed by atoms with van der Waals surface area (Å²) in [5.74, 6) is -0.169. The summed E-state index contributed by atoms with van der Waals surface area (Å²) in [5.41, 5.74) is 1.19. The molecule has 130 valence electrons. The van der Waals surface area contributed by atoms with Crippen molar-refractivity contribution in [1.29, 1.82) is 0 Å². The van der Waals surface area contributed by atoms with Crippen LogP contribution in [0.2, 0.25) is 0 Å². The monoisotopic (exact) mass is 361 g/mol. The summed E-state index contributed by atoms with van der Waals surface area (Å²) in [6.45, 7) is 1.97. The van der Waals surface area contributed by atoms with E-state index in [2.05, 4.69) is 14.9 Å². The number of rotatable bonds is 6. The molecule has 0 unspecified atom stereocenters. The molecule has 0 aliphatic carbocycles. The first kappa shape index (κ1) is 17.2. The van der Waals surface area contributed by atoms with Gasteiger partial charge in [0.15, 0.2) is 0 Å². The highest BCUT2D eigenvalue weighted by atomic mass is 32.2. The van der Waals surface area contributed by atoms with E-state index in [1.54, 1.807) is 36.4 Å². The van der Waals surface area contributed by atoms with Crippen LogP contribution in [0.5, 0.6) is 0 Å². The highest BCUT2D eigenvalue weighted by Crippen LogP contribution is 2.21. The lowest BCUT2D eigenvalue weighted by Crippen LogP contribution is -2.26. The molecule has 3 aromatic rings. The summed E-state index contributed by atoms with van der Waals surface area (Å²) in [7, 11) is -3.60. The van der Waals surface area contributed by atoms with Gasteiger partial charge >= 0.3 is 0 Å². The summed E-state index contributed by atoms with van der Waals surface area (Å²) in [4.78, 5) is 0.190. The van der Waals surface area contributed by atoms with Crippen LogP contribution in [0.25, 0.3) is 11.5 Å². The van der Waals surface area contributed by atoms with Crippen molar-refractivity contribution in [3.63, 3.8) is 0 Å². The second kappa shape index (κ2) is 7.12. The van der Waals surface area contributed by atoms with Crippen LogP contribution in [0.1, 0.15) is 11.5 Å². The zero-order valence-corrected chi connectivity index (χ0v) is 14.3. The predicted molar refractivity (Wildman–Crippen MR) is 89.8 cm³/mol. The highest BCUT2D eigenvalue weighted by molar-refractivity contribution is 7.89. The second-order valence-electron chi connectivity index (χ2n) is 5.44. The van der Waals surface area contributed by atoms with Crippen LogP contribution in [-0.4, -0.2) is 25.2 Å². The SMILES string of the molecule is Cc1ccc(S(=O)(=O)NCCc2nnc(-c3ccccc3F)o2)cc1. The summed E-state index contributed by atoms with van der Waals surface area (Å²) in [6, 6.07) is 12.6. The lowest BCUT2D eigenvalue weighted by Gasteiger charge is -2.05. The zero-order valence-electron chi connectivity index (χ0n) is 13.4. The topological polar surface area (TPSA) is 85.1 Å². The van der Waals surface area contributed by atoms with Gasteiger partial charge in [-0.3, -0.25) is 0 Å². The van der Waals surface area contributed by atoms with E-state index >= 15 is 0 Å². The Hall–Kier alpha value is -2.58. The van der Waals surface area contributed by atoms with E-state index in [0.717, 1.165) is 5.56 Å². The van der Waals surface area contributed by atoms with Crippen molar-refractivity contribution in [2.75, 3.05) is 6.54 Å². The Morgan fingerprint density at radius 1 is 1.08 bits per heavy atom. The van der Waals surface area contributed by atoms with E-state index in [4.69, 9.17) is 4.42 Å². The quantitative estimate of drug-likeness (QED) is 0.730. The fraction of sp³-hybridized carbons (Fsp3) is 0.176. The van der Waals surface area contributed by atoms with E-state index in [1.165, 1.54) is 12.1 Å². The Labute approximate surface area is 144 Å². The second-order valence-corrected chi connectivity index (χ2v) is 7.21. The smallest absolute Gasteiger partial charge is 0.250 e. The van der Waals surface area contributed by atoms with Gasteiger partial charge < -0.3 is 4.42 Å². The number of sulfonamides is 1. The average molecular weight is 361 g/mol. The molecule has 8 heteroatoms. The largest absolute Gasteiger partial charge is 0.421 e. The van der Waals surface area contributed by atoms with Crippen LogP contribution in [0.15, 0.2) is 57.8 Å². The molecule has 0 amide bonds. The molecule has 1 aromatic heterocycles. The molecule has 0 aliphatic heterocycles. The van der Waals surface area contributed by atoms with Gasteiger partial charge in [0.1, 0.15) is 5.82 Å². The third kappa shape index (κ3) is 4.09. The number of nitrogens with one attached hydrogen (secondary N) is 1. The molecule has 0 saturated heterocycles. The third-order valence-corrected chi connectivity index (χ3v) is 5.01. The summed E-state index contributed by atoms with van der Waals surface area (Å²) in [5, 5.41) is 7.62. The van der Waals surface area contributed by atoms with Crippen LogP contribution < -0.4 is 4.72 Å². The molecular formula is C17H16FN3O3S. The van der Waals surface area contributed by atoms with Crippen LogP contribution in [0, 0.1) is 12.7 Å². The number of aryl methyl sites for hydroxylation is 1. The first-order chi connectivity index (χ1) is 12.0. The molecule has 0 aliphatic rings. The number of hydrogen-bond acceptors (Lipinski definition) is 5. The van der Waals surface area contributed by atoms with Gasteiger partial charge in [0, 0.05) is 13.0 Å². The van der Waals surface area contributed by atoms with Crippen molar-refractivity contribution < 1.29 is 17.2 Å². The van der Waals surface area contributed by atoms with Crippen LogP contribution in [0.4, 0.5) is 4.39 Å². The molecule has 1 heterocycles. The standard InChI is InChI=1S/C17H16FN3O3S/c1-12-6-8-13(9-7-12)25(22,23)19-11-10-16-20-21-17(24-16)14-4-2-3-5-15(14)18/h2-9,19H,10-11H2,1H3. The van der Waals surface area contributed by atoms with E-state index in [1.807, 2.05) is 6.92 Å². The van der Waals surface area contributed by atoms with Gasteiger partial charge in [-0.2, -0.15) is 0 Å². The molecule has 3 rings (SSSR count). The summed E-state index contributed by atoms with van der Waals surface area (Å²) in [6.07, 6.45) is 0.201. The molecule has 0 bridgehead atoms. The van der Waals surface area contributed by atoms with Crippen LogP contribution in [0.3, 0.4) is 0 Å². The molecule has 6 nitrogen and oxygen atoms in total.